The number of hydrogen-bond acceptors (Lipinski definition) is 4. The van der Waals surface area contributed by atoms with Crippen molar-refractivity contribution in [2.75, 3.05) is 6.54 Å². The minimum atomic E-state index is -3.60. The van der Waals surface area contributed by atoms with Gasteiger partial charge in [0.05, 0.1) is 5.60 Å². The van der Waals surface area contributed by atoms with E-state index in [0.717, 1.165) is 0 Å². The van der Waals surface area contributed by atoms with Crippen molar-refractivity contribution < 1.29 is 13.5 Å². The highest BCUT2D eigenvalue weighted by Crippen LogP contribution is 2.16. The van der Waals surface area contributed by atoms with Gasteiger partial charge in [0.1, 0.15) is 4.90 Å². The van der Waals surface area contributed by atoms with Gasteiger partial charge < -0.3 is 5.11 Å². The number of aliphatic hydroxyl groups is 1. The molecule has 1 aromatic heterocycles. The molecule has 102 valence electrons. The van der Waals surface area contributed by atoms with Crippen molar-refractivity contribution >= 4 is 10.0 Å². The molecule has 0 aliphatic heterocycles. The molecule has 0 saturated carbocycles. The number of nitrogens with one attached hydrogen (secondary N) is 1. The van der Waals surface area contributed by atoms with Crippen LogP contribution in [0.15, 0.2) is 29.4 Å². The first-order valence-electron chi connectivity index (χ1n) is 5.85. The van der Waals surface area contributed by atoms with E-state index in [2.05, 4.69) is 9.71 Å². The lowest BCUT2D eigenvalue weighted by Crippen LogP contribution is -2.41. The highest BCUT2D eigenvalue weighted by Gasteiger charge is 2.25. The smallest absolute Gasteiger partial charge is 0.242 e. The molecule has 2 N–H and O–H groups in total. The molecule has 0 radical (unpaired) electrons. The molecule has 6 heteroatoms. The second-order valence-corrected chi connectivity index (χ2v) is 6.88. The van der Waals surface area contributed by atoms with Gasteiger partial charge in [-0.3, -0.25) is 4.98 Å². The van der Waals surface area contributed by atoms with Crippen LogP contribution in [-0.2, 0) is 10.0 Å². The van der Waals surface area contributed by atoms with Crippen LogP contribution in [0.25, 0.3) is 0 Å². The van der Waals surface area contributed by atoms with E-state index < -0.39 is 15.6 Å². The van der Waals surface area contributed by atoms with Crippen LogP contribution in [-0.4, -0.2) is 30.7 Å². The summed E-state index contributed by atoms with van der Waals surface area (Å²) in [6, 6.07) is 3.02. The molecule has 5 nitrogen and oxygen atoms in total. The Balaban J connectivity index is 2.69. The molecule has 1 unspecified atom stereocenters. The third-order valence-corrected chi connectivity index (χ3v) is 3.82. The number of nitrogens with zero attached hydrogens (tertiary/aromatic N) is 1. The summed E-state index contributed by atoms with van der Waals surface area (Å²) in [5.41, 5.74) is -1.05. The number of hydrogen-bond donors (Lipinski definition) is 2. The molecule has 0 saturated heterocycles. The zero-order chi connectivity index (χ0) is 13.8. The Labute approximate surface area is 108 Å². The molecule has 1 rings (SSSR count). The highest BCUT2D eigenvalue weighted by atomic mass is 32.2. The summed E-state index contributed by atoms with van der Waals surface area (Å²) in [7, 11) is -3.60. The van der Waals surface area contributed by atoms with Gasteiger partial charge in [0.2, 0.25) is 10.0 Å². The lowest BCUT2D eigenvalue weighted by atomic mass is 9.95. The van der Waals surface area contributed by atoms with Gasteiger partial charge in [-0.15, -0.1) is 0 Å². The molecule has 0 amide bonds. The zero-order valence-electron chi connectivity index (χ0n) is 10.9. The molecule has 0 fully saturated rings. The average molecular weight is 272 g/mol. The van der Waals surface area contributed by atoms with Crippen molar-refractivity contribution in [2.24, 2.45) is 5.92 Å². The summed E-state index contributed by atoms with van der Waals surface area (Å²) in [5.74, 6) is 0.294. The van der Waals surface area contributed by atoms with Crippen molar-refractivity contribution in [1.29, 1.82) is 0 Å². The molecule has 18 heavy (non-hydrogen) atoms. The fraction of sp³-hybridized carbons (Fsp3) is 0.583. The topological polar surface area (TPSA) is 79.3 Å². The van der Waals surface area contributed by atoms with E-state index in [1.165, 1.54) is 18.5 Å². The van der Waals surface area contributed by atoms with Crippen LogP contribution in [0.2, 0.25) is 0 Å². The van der Waals surface area contributed by atoms with Gasteiger partial charge in [0.25, 0.3) is 0 Å². The van der Waals surface area contributed by atoms with Crippen LogP contribution in [0.5, 0.6) is 0 Å². The van der Waals surface area contributed by atoms with E-state index in [0.29, 0.717) is 12.3 Å². The normalized spacial score (nSPS) is 15.6. The monoisotopic (exact) mass is 272 g/mol. The second-order valence-electron chi connectivity index (χ2n) is 5.11. The summed E-state index contributed by atoms with van der Waals surface area (Å²) < 4.78 is 26.2. The first-order chi connectivity index (χ1) is 8.23. The second kappa shape index (κ2) is 5.77. The third kappa shape index (κ3) is 4.72. The zero-order valence-corrected chi connectivity index (χ0v) is 11.7. The predicted octanol–water partition coefficient (Wildman–Crippen LogP) is 1.16. The van der Waals surface area contributed by atoms with Gasteiger partial charge in [-0.25, -0.2) is 13.1 Å². The van der Waals surface area contributed by atoms with Gasteiger partial charge in [-0.1, -0.05) is 13.8 Å². The number of rotatable bonds is 6. The minimum Gasteiger partial charge on any atom is -0.389 e. The third-order valence-electron chi connectivity index (χ3n) is 2.44. The summed E-state index contributed by atoms with van der Waals surface area (Å²) in [6.45, 7) is 5.56. The van der Waals surface area contributed by atoms with E-state index in [1.54, 1.807) is 13.0 Å². The molecule has 0 bridgehead atoms. The Morgan fingerprint density at radius 1 is 1.50 bits per heavy atom. The Bertz CT molecular complexity index is 469. The SMILES string of the molecule is CC(C)CC(C)(O)CNS(=O)(=O)c1cccnc1. The number of sulfonamides is 1. The van der Waals surface area contributed by atoms with Gasteiger partial charge in [0, 0.05) is 18.9 Å². The molecular formula is C12H20N2O3S. The molecule has 1 heterocycles. The van der Waals surface area contributed by atoms with E-state index in [4.69, 9.17) is 0 Å². The van der Waals surface area contributed by atoms with Crippen molar-refractivity contribution in [3.05, 3.63) is 24.5 Å². The minimum absolute atomic E-state index is 0.0115. The quantitative estimate of drug-likeness (QED) is 0.814. The largest absolute Gasteiger partial charge is 0.389 e. The molecule has 0 spiro atoms. The lowest BCUT2D eigenvalue weighted by Gasteiger charge is -2.25. The lowest BCUT2D eigenvalue weighted by molar-refractivity contribution is 0.0437. The van der Waals surface area contributed by atoms with E-state index in [-0.39, 0.29) is 11.4 Å². The van der Waals surface area contributed by atoms with Crippen LogP contribution < -0.4 is 4.72 Å². The summed E-state index contributed by atoms with van der Waals surface area (Å²) in [4.78, 5) is 3.86. The summed E-state index contributed by atoms with van der Waals surface area (Å²) in [6.07, 6.45) is 3.32. The van der Waals surface area contributed by atoms with Gasteiger partial charge in [0.15, 0.2) is 0 Å². The van der Waals surface area contributed by atoms with Crippen LogP contribution >= 0.6 is 0 Å². The van der Waals surface area contributed by atoms with Crippen LogP contribution in [0.3, 0.4) is 0 Å². The standard InChI is InChI=1S/C12H20N2O3S/c1-10(2)7-12(3,15)9-14-18(16,17)11-5-4-6-13-8-11/h4-6,8,10,14-15H,7,9H2,1-3H3. The van der Waals surface area contributed by atoms with Gasteiger partial charge >= 0.3 is 0 Å². The predicted molar refractivity (Wildman–Crippen MR) is 69.5 cm³/mol. The van der Waals surface area contributed by atoms with E-state index >= 15 is 0 Å². The first-order valence-corrected chi connectivity index (χ1v) is 7.33. The molecule has 1 atom stereocenters. The molecule has 0 aliphatic rings. The molecule has 0 aliphatic carbocycles. The summed E-state index contributed by atoms with van der Waals surface area (Å²) in [5, 5.41) is 10.1. The highest BCUT2D eigenvalue weighted by molar-refractivity contribution is 7.89. The number of pyridine rings is 1. The van der Waals surface area contributed by atoms with Crippen molar-refractivity contribution in [3.8, 4) is 0 Å². The summed E-state index contributed by atoms with van der Waals surface area (Å²) >= 11 is 0. The fourth-order valence-electron chi connectivity index (χ4n) is 1.79. The average Bonchev–Trinajstić information content (AvgIpc) is 2.26. The molecule has 0 aromatic carbocycles. The Hall–Kier alpha value is -0.980. The van der Waals surface area contributed by atoms with Gasteiger partial charge in [-0.2, -0.15) is 0 Å². The Kier molecular flexibility index (Phi) is 4.84. The number of aromatic nitrogens is 1. The fourth-order valence-corrected chi connectivity index (χ4v) is 2.92. The van der Waals surface area contributed by atoms with E-state index in [9.17, 15) is 13.5 Å². The maximum Gasteiger partial charge on any atom is 0.242 e. The Morgan fingerprint density at radius 2 is 2.17 bits per heavy atom. The van der Waals surface area contributed by atoms with Gasteiger partial charge in [-0.05, 0) is 31.4 Å². The molecular weight excluding hydrogens is 252 g/mol. The van der Waals surface area contributed by atoms with Crippen LogP contribution in [0, 0.1) is 5.92 Å². The van der Waals surface area contributed by atoms with Crippen molar-refractivity contribution in [1.82, 2.24) is 9.71 Å². The Morgan fingerprint density at radius 3 is 2.67 bits per heavy atom. The maximum atomic E-state index is 11.9. The van der Waals surface area contributed by atoms with Crippen LogP contribution in [0.1, 0.15) is 27.2 Å². The van der Waals surface area contributed by atoms with E-state index in [1.807, 2.05) is 13.8 Å². The van der Waals surface area contributed by atoms with Crippen molar-refractivity contribution in [3.63, 3.8) is 0 Å². The first kappa shape index (κ1) is 15.1. The maximum absolute atomic E-state index is 11.9. The van der Waals surface area contributed by atoms with Crippen LogP contribution in [0.4, 0.5) is 0 Å². The van der Waals surface area contributed by atoms with Crippen molar-refractivity contribution in [2.45, 2.75) is 37.7 Å². The molecule has 1 aromatic rings.